The lowest BCUT2D eigenvalue weighted by molar-refractivity contribution is -0.116. The Balaban J connectivity index is 1.53. The monoisotopic (exact) mass is 382 g/mol. The zero-order valence-electron chi connectivity index (χ0n) is 14.6. The maximum atomic E-state index is 12.2. The molecule has 0 aliphatic rings. The van der Waals surface area contributed by atoms with E-state index in [1.165, 1.54) is 11.3 Å². The number of rotatable bonds is 7. The van der Waals surface area contributed by atoms with Crippen molar-refractivity contribution in [3.63, 3.8) is 0 Å². The molecule has 0 saturated heterocycles. The van der Waals surface area contributed by atoms with Crippen LogP contribution in [-0.4, -0.2) is 29.1 Å². The number of amides is 2. The topological polar surface area (TPSA) is 93.2 Å². The molecule has 0 saturated carbocycles. The molecule has 0 radical (unpaired) electrons. The summed E-state index contributed by atoms with van der Waals surface area (Å²) in [6, 6.07) is 16.3. The van der Waals surface area contributed by atoms with Crippen molar-refractivity contribution in [1.82, 2.24) is 10.2 Å². The highest BCUT2D eigenvalue weighted by Gasteiger charge is 2.14. The minimum absolute atomic E-state index is 0.162. The molecule has 2 amide bonds. The van der Waals surface area contributed by atoms with Gasteiger partial charge < -0.3 is 15.4 Å². The summed E-state index contributed by atoms with van der Waals surface area (Å²) >= 11 is 1.18. The zero-order valence-corrected chi connectivity index (χ0v) is 15.5. The molecule has 0 fully saturated rings. The van der Waals surface area contributed by atoms with Crippen molar-refractivity contribution < 1.29 is 14.3 Å². The van der Waals surface area contributed by atoms with Crippen molar-refractivity contribution in [2.24, 2.45) is 0 Å². The van der Waals surface area contributed by atoms with Crippen LogP contribution in [0.15, 0.2) is 54.6 Å². The van der Waals surface area contributed by atoms with E-state index in [2.05, 4.69) is 20.8 Å². The van der Waals surface area contributed by atoms with Gasteiger partial charge in [-0.05, 0) is 24.3 Å². The van der Waals surface area contributed by atoms with E-state index in [1.807, 2.05) is 30.3 Å². The number of hydrogen-bond acceptors (Lipinski definition) is 6. The Morgan fingerprint density at radius 2 is 1.74 bits per heavy atom. The number of aromatic nitrogens is 2. The minimum atomic E-state index is -0.316. The van der Waals surface area contributed by atoms with E-state index in [0.29, 0.717) is 28.6 Å². The molecule has 0 aliphatic carbocycles. The second-order valence-corrected chi connectivity index (χ2v) is 6.63. The number of ether oxygens (including phenoxy) is 1. The first-order valence-electron chi connectivity index (χ1n) is 8.27. The molecule has 2 aromatic carbocycles. The van der Waals surface area contributed by atoms with Crippen LogP contribution in [0, 0.1) is 0 Å². The van der Waals surface area contributed by atoms with E-state index in [4.69, 9.17) is 4.74 Å². The fraction of sp³-hybridized carbons (Fsp3) is 0.158. The quantitative estimate of drug-likeness (QED) is 0.653. The molecule has 3 rings (SSSR count). The molecule has 0 bridgehead atoms. The second-order valence-electron chi connectivity index (χ2n) is 5.57. The molecule has 0 unspecified atom stereocenters. The van der Waals surface area contributed by atoms with Crippen LogP contribution in [0.3, 0.4) is 0 Å². The van der Waals surface area contributed by atoms with Crippen molar-refractivity contribution >= 4 is 34.5 Å². The third-order valence-electron chi connectivity index (χ3n) is 3.64. The summed E-state index contributed by atoms with van der Waals surface area (Å²) in [6.45, 7) is 0. The maximum Gasteiger partial charge on any atom is 0.286 e. The maximum absolute atomic E-state index is 12.2. The van der Waals surface area contributed by atoms with Crippen molar-refractivity contribution in [1.29, 1.82) is 0 Å². The van der Waals surface area contributed by atoms with Crippen LogP contribution in [0.2, 0.25) is 0 Å². The Bertz CT molecular complexity index is 927. The lowest BCUT2D eigenvalue weighted by Gasteiger charge is -2.09. The number of nitrogens with zero attached hydrogens (tertiary/aromatic N) is 2. The van der Waals surface area contributed by atoms with Crippen molar-refractivity contribution in [2.75, 3.05) is 17.7 Å². The molecule has 27 heavy (non-hydrogen) atoms. The molecule has 2 N–H and O–H groups in total. The number of methoxy groups -OCH3 is 1. The predicted octanol–water partition coefficient (Wildman–Crippen LogP) is 3.37. The number of anilines is 2. The number of benzene rings is 2. The van der Waals surface area contributed by atoms with Gasteiger partial charge in [-0.1, -0.05) is 41.7 Å². The smallest absolute Gasteiger partial charge is 0.286 e. The third-order valence-corrected chi connectivity index (χ3v) is 4.62. The SMILES string of the molecule is COc1ccccc1NC(=O)CCc1nnc(C(=O)Nc2ccccc2)s1. The number of carbonyl (C=O) groups is 2. The van der Waals surface area contributed by atoms with E-state index in [1.54, 1.807) is 31.4 Å². The highest BCUT2D eigenvalue weighted by Crippen LogP contribution is 2.23. The van der Waals surface area contributed by atoms with Crippen LogP contribution in [-0.2, 0) is 11.2 Å². The highest BCUT2D eigenvalue weighted by atomic mass is 32.1. The third kappa shape index (κ3) is 5.11. The number of hydrogen-bond donors (Lipinski definition) is 2. The first-order valence-corrected chi connectivity index (χ1v) is 9.09. The normalized spacial score (nSPS) is 10.3. The van der Waals surface area contributed by atoms with Gasteiger partial charge in [-0.3, -0.25) is 9.59 Å². The molecule has 138 valence electrons. The van der Waals surface area contributed by atoms with E-state index in [9.17, 15) is 9.59 Å². The molecule has 0 spiro atoms. The van der Waals surface area contributed by atoms with Crippen LogP contribution >= 0.6 is 11.3 Å². The minimum Gasteiger partial charge on any atom is -0.495 e. The number of para-hydroxylation sites is 3. The number of aryl methyl sites for hydroxylation is 1. The van der Waals surface area contributed by atoms with Crippen LogP contribution in [0.25, 0.3) is 0 Å². The summed E-state index contributed by atoms with van der Waals surface area (Å²) in [5, 5.41) is 14.4. The molecular weight excluding hydrogens is 364 g/mol. The Labute approximate surface area is 160 Å². The standard InChI is InChI=1S/C19H18N4O3S/c1-26-15-10-6-5-9-14(15)21-16(24)11-12-17-22-23-19(27-17)18(25)20-13-7-3-2-4-8-13/h2-10H,11-12H2,1H3,(H,20,25)(H,21,24). The summed E-state index contributed by atoms with van der Waals surface area (Å²) in [5.74, 6) is 0.120. The van der Waals surface area contributed by atoms with Gasteiger partial charge in [-0.2, -0.15) is 0 Å². The fourth-order valence-corrected chi connectivity index (χ4v) is 3.07. The molecule has 1 heterocycles. The second kappa shape index (κ2) is 8.91. The predicted molar refractivity (Wildman–Crippen MR) is 104 cm³/mol. The van der Waals surface area contributed by atoms with Gasteiger partial charge in [0.1, 0.15) is 10.8 Å². The lowest BCUT2D eigenvalue weighted by atomic mass is 10.2. The fourth-order valence-electron chi connectivity index (χ4n) is 2.33. The van der Waals surface area contributed by atoms with Gasteiger partial charge in [0.25, 0.3) is 5.91 Å². The molecule has 0 aliphatic heterocycles. The van der Waals surface area contributed by atoms with Gasteiger partial charge in [-0.15, -0.1) is 10.2 Å². The highest BCUT2D eigenvalue weighted by molar-refractivity contribution is 7.13. The summed E-state index contributed by atoms with van der Waals surface area (Å²) < 4.78 is 5.21. The van der Waals surface area contributed by atoms with Gasteiger partial charge in [-0.25, -0.2) is 0 Å². The zero-order chi connectivity index (χ0) is 19.1. The van der Waals surface area contributed by atoms with E-state index >= 15 is 0 Å². The van der Waals surface area contributed by atoms with Gasteiger partial charge in [0.2, 0.25) is 10.9 Å². The Hall–Kier alpha value is -3.26. The van der Waals surface area contributed by atoms with E-state index in [0.717, 1.165) is 0 Å². The molecule has 1 aromatic heterocycles. The molecule has 0 atom stereocenters. The Morgan fingerprint density at radius 3 is 2.52 bits per heavy atom. The molecule has 8 heteroatoms. The Kier molecular flexibility index (Phi) is 6.11. The van der Waals surface area contributed by atoms with Crippen LogP contribution in [0.4, 0.5) is 11.4 Å². The van der Waals surface area contributed by atoms with Crippen LogP contribution < -0.4 is 15.4 Å². The Morgan fingerprint density at radius 1 is 1.00 bits per heavy atom. The average Bonchev–Trinajstić information content (AvgIpc) is 3.17. The molecule has 7 nitrogen and oxygen atoms in total. The van der Waals surface area contributed by atoms with Crippen molar-refractivity contribution in [3.05, 3.63) is 64.6 Å². The van der Waals surface area contributed by atoms with Gasteiger partial charge in [0, 0.05) is 18.5 Å². The van der Waals surface area contributed by atoms with Crippen LogP contribution in [0.1, 0.15) is 21.2 Å². The summed E-state index contributed by atoms with van der Waals surface area (Å²) in [5.41, 5.74) is 1.31. The van der Waals surface area contributed by atoms with Gasteiger partial charge >= 0.3 is 0 Å². The van der Waals surface area contributed by atoms with Crippen LogP contribution in [0.5, 0.6) is 5.75 Å². The number of nitrogens with one attached hydrogen (secondary N) is 2. The average molecular weight is 382 g/mol. The van der Waals surface area contributed by atoms with E-state index in [-0.39, 0.29) is 23.2 Å². The first kappa shape index (κ1) is 18.5. The van der Waals surface area contributed by atoms with Gasteiger partial charge in [0.15, 0.2) is 0 Å². The van der Waals surface area contributed by atoms with E-state index < -0.39 is 0 Å². The summed E-state index contributed by atoms with van der Waals surface area (Å²) in [7, 11) is 1.55. The lowest BCUT2D eigenvalue weighted by Crippen LogP contribution is -2.13. The molecular formula is C19H18N4O3S. The number of carbonyl (C=O) groups excluding carboxylic acids is 2. The summed E-state index contributed by atoms with van der Waals surface area (Å²) in [6.07, 6.45) is 0.629. The van der Waals surface area contributed by atoms with Crippen molar-refractivity contribution in [3.8, 4) is 5.75 Å². The van der Waals surface area contributed by atoms with Crippen molar-refractivity contribution in [2.45, 2.75) is 12.8 Å². The molecule has 3 aromatic rings. The van der Waals surface area contributed by atoms with Gasteiger partial charge in [0.05, 0.1) is 12.8 Å². The largest absolute Gasteiger partial charge is 0.495 e. The first-order chi connectivity index (χ1) is 13.2. The summed E-state index contributed by atoms with van der Waals surface area (Å²) in [4.78, 5) is 24.3.